The van der Waals surface area contributed by atoms with Crippen LogP contribution in [0.15, 0.2) is 23.3 Å². The fourth-order valence-electron chi connectivity index (χ4n) is 4.03. The Labute approximate surface area is 88.0 Å². The van der Waals surface area contributed by atoms with Crippen molar-refractivity contribution in [2.45, 2.75) is 19.3 Å². The van der Waals surface area contributed by atoms with Gasteiger partial charge < -0.3 is 0 Å². The second kappa shape index (κ2) is 2.31. The Bertz CT molecular complexity index is 415. The van der Waals surface area contributed by atoms with Crippen LogP contribution in [0.2, 0.25) is 0 Å². The molecule has 0 aromatic heterocycles. The maximum absolute atomic E-state index is 11.8. The van der Waals surface area contributed by atoms with Gasteiger partial charge >= 0.3 is 0 Å². The lowest BCUT2D eigenvalue weighted by molar-refractivity contribution is -0.117. The van der Waals surface area contributed by atoms with Gasteiger partial charge in [0.05, 0.1) is 0 Å². The Kier molecular flexibility index (Phi) is 1.24. The average Bonchev–Trinajstić information content (AvgIpc) is 3.04. The molecule has 5 aliphatic carbocycles. The fourth-order valence-corrected chi connectivity index (χ4v) is 4.03. The van der Waals surface area contributed by atoms with E-state index in [0.29, 0.717) is 11.8 Å². The number of hydrogen-bond acceptors (Lipinski definition) is 2. The maximum Gasteiger partial charge on any atom is 0.182 e. The quantitative estimate of drug-likeness (QED) is 0.557. The van der Waals surface area contributed by atoms with Crippen molar-refractivity contribution in [3.8, 4) is 0 Å². The van der Waals surface area contributed by atoms with E-state index in [1.54, 1.807) is 0 Å². The summed E-state index contributed by atoms with van der Waals surface area (Å²) in [7, 11) is 0. The Morgan fingerprint density at radius 3 is 1.80 bits per heavy atom. The highest BCUT2D eigenvalue weighted by molar-refractivity contribution is 6.21. The molecule has 2 nitrogen and oxygen atoms in total. The van der Waals surface area contributed by atoms with Crippen molar-refractivity contribution in [2.24, 2.45) is 23.7 Å². The topological polar surface area (TPSA) is 34.1 Å². The highest BCUT2D eigenvalue weighted by Gasteiger charge is 2.59. The highest BCUT2D eigenvalue weighted by Crippen LogP contribution is 2.64. The number of carbonyl (C=O) groups excluding carboxylic acids is 2. The molecule has 0 amide bonds. The van der Waals surface area contributed by atoms with Crippen LogP contribution in [0.1, 0.15) is 19.3 Å². The second-order valence-corrected chi connectivity index (χ2v) is 5.24. The van der Waals surface area contributed by atoms with E-state index in [1.807, 2.05) is 0 Å². The maximum atomic E-state index is 11.8. The first-order valence-electron chi connectivity index (χ1n) is 5.78. The first kappa shape index (κ1) is 8.03. The van der Waals surface area contributed by atoms with E-state index in [-0.39, 0.29) is 11.6 Å². The van der Waals surface area contributed by atoms with Crippen molar-refractivity contribution in [3.05, 3.63) is 23.3 Å². The van der Waals surface area contributed by atoms with Gasteiger partial charge in [-0.3, -0.25) is 9.59 Å². The molecule has 5 aliphatic rings. The van der Waals surface area contributed by atoms with Gasteiger partial charge in [0.25, 0.3) is 0 Å². The lowest BCUT2D eigenvalue weighted by Gasteiger charge is -2.39. The zero-order valence-electron chi connectivity index (χ0n) is 8.40. The van der Waals surface area contributed by atoms with Crippen LogP contribution in [0.25, 0.3) is 0 Å². The van der Waals surface area contributed by atoms with Gasteiger partial charge in [-0.05, 0) is 55.1 Å². The van der Waals surface area contributed by atoms with Gasteiger partial charge in [-0.15, -0.1) is 0 Å². The summed E-state index contributed by atoms with van der Waals surface area (Å²) >= 11 is 0. The molecule has 2 saturated carbocycles. The van der Waals surface area contributed by atoms with Crippen molar-refractivity contribution in [1.82, 2.24) is 0 Å². The molecule has 2 heteroatoms. The number of hydrogen-bond donors (Lipinski definition) is 0. The van der Waals surface area contributed by atoms with E-state index in [4.69, 9.17) is 0 Å². The molecule has 0 heterocycles. The summed E-state index contributed by atoms with van der Waals surface area (Å²) in [6.07, 6.45) is 6.47. The molecule has 0 aliphatic heterocycles. The smallest absolute Gasteiger partial charge is 0.182 e. The third-order valence-corrected chi connectivity index (χ3v) is 4.66. The molecule has 2 fully saturated rings. The lowest BCUT2D eigenvalue weighted by atomic mass is 9.64. The van der Waals surface area contributed by atoms with E-state index >= 15 is 0 Å². The number of ketones is 2. The standard InChI is InChI=1S/C13H12O2/c14-10-3-4-11(15)13-7-2-1-6(12(10)13)8-5-9(7)8/h3-4,6-9H,1-2,5H2/t6-,7+,8+,9-. The number of carbonyl (C=O) groups is 2. The van der Waals surface area contributed by atoms with Gasteiger partial charge in [-0.1, -0.05) is 0 Å². The highest BCUT2D eigenvalue weighted by atomic mass is 16.1. The van der Waals surface area contributed by atoms with Crippen molar-refractivity contribution >= 4 is 11.6 Å². The van der Waals surface area contributed by atoms with Crippen LogP contribution in [-0.4, -0.2) is 11.6 Å². The molecule has 0 spiro atoms. The molecule has 0 saturated heterocycles. The van der Waals surface area contributed by atoms with Crippen molar-refractivity contribution in [1.29, 1.82) is 0 Å². The Morgan fingerprint density at radius 1 is 0.867 bits per heavy atom. The van der Waals surface area contributed by atoms with Crippen LogP contribution in [0, 0.1) is 23.7 Å². The molecular formula is C13H12O2. The molecule has 0 N–H and O–H groups in total. The largest absolute Gasteiger partial charge is 0.290 e. The molecule has 4 atom stereocenters. The predicted molar refractivity (Wildman–Crippen MR) is 54.0 cm³/mol. The van der Waals surface area contributed by atoms with Crippen molar-refractivity contribution < 1.29 is 9.59 Å². The molecule has 15 heavy (non-hydrogen) atoms. The van der Waals surface area contributed by atoms with E-state index in [9.17, 15) is 9.59 Å². The molecule has 5 rings (SSSR count). The van der Waals surface area contributed by atoms with Crippen molar-refractivity contribution in [3.63, 3.8) is 0 Å². The van der Waals surface area contributed by atoms with Gasteiger partial charge in [-0.25, -0.2) is 0 Å². The summed E-state index contributed by atoms with van der Waals surface area (Å²) in [5.74, 6) is 2.57. The summed E-state index contributed by atoms with van der Waals surface area (Å²) in [5, 5.41) is 0. The van der Waals surface area contributed by atoms with Crippen LogP contribution in [0.4, 0.5) is 0 Å². The number of fused-ring (bicyclic) bond motifs is 1. The zero-order valence-corrected chi connectivity index (χ0v) is 8.40. The normalized spacial score (nSPS) is 45.6. The minimum Gasteiger partial charge on any atom is -0.290 e. The molecule has 0 aromatic carbocycles. The van der Waals surface area contributed by atoms with E-state index < -0.39 is 0 Å². The summed E-state index contributed by atoms with van der Waals surface area (Å²) in [6, 6.07) is 0. The van der Waals surface area contributed by atoms with Crippen LogP contribution >= 0.6 is 0 Å². The third kappa shape index (κ3) is 0.819. The van der Waals surface area contributed by atoms with E-state index in [2.05, 4.69) is 0 Å². The summed E-state index contributed by atoms with van der Waals surface area (Å²) in [6.45, 7) is 0. The molecular weight excluding hydrogens is 188 g/mol. The van der Waals surface area contributed by atoms with Crippen LogP contribution < -0.4 is 0 Å². The minimum absolute atomic E-state index is 0.115. The molecule has 2 bridgehead atoms. The van der Waals surface area contributed by atoms with Crippen molar-refractivity contribution in [2.75, 3.05) is 0 Å². The van der Waals surface area contributed by atoms with Gasteiger partial charge in [0.15, 0.2) is 11.6 Å². The van der Waals surface area contributed by atoms with Gasteiger partial charge in [0, 0.05) is 11.1 Å². The average molecular weight is 200 g/mol. The van der Waals surface area contributed by atoms with Crippen LogP contribution in [-0.2, 0) is 9.59 Å². The van der Waals surface area contributed by atoms with Gasteiger partial charge in [0.1, 0.15) is 0 Å². The first-order chi connectivity index (χ1) is 7.27. The molecule has 0 unspecified atom stereocenters. The van der Waals surface area contributed by atoms with Gasteiger partial charge in [-0.2, -0.15) is 0 Å². The minimum atomic E-state index is 0.115. The van der Waals surface area contributed by atoms with Crippen LogP contribution in [0.5, 0.6) is 0 Å². The first-order valence-corrected chi connectivity index (χ1v) is 5.78. The number of allylic oxidation sites excluding steroid dienone is 4. The predicted octanol–water partition coefficient (Wildman–Crippen LogP) is 1.67. The SMILES string of the molecule is O=C1C=CC(=O)C2=C1[C@H]1CC[C@@H]2[C@@H]2C[C@@H]21. The molecule has 0 aromatic rings. The molecule has 0 radical (unpaired) electrons. The van der Waals surface area contributed by atoms with Crippen LogP contribution in [0.3, 0.4) is 0 Å². The Morgan fingerprint density at radius 2 is 1.33 bits per heavy atom. The summed E-state index contributed by atoms with van der Waals surface area (Å²) in [4.78, 5) is 23.7. The zero-order chi connectivity index (χ0) is 10.2. The summed E-state index contributed by atoms with van der Waals surface area (Å²) in [5.41, 5.74) is 1.80. The van der Waals surface area contributed by atoms with Gasteiger partial charge in [0.2, 0.25) is 0 Å². The third-order valence-electron chi connectivity index (χ3n) is 4.66. The monoisotopic (exact) mass is 200 g/mol. The lowest BCUT2D eigenvalue weighted by Crippen LogP contribution is -2.36. The second-order valence-electron chi connectivity index (χ2n) is 5.24. The Hall–Kier alpha value is -1.18. The summed E-state index contributed by atoms with van der Waals surface area (Å²) < 4.78 is 0. The Balaban J connectivity index is 1.94. The van der Waals surface area contributed by atoms with E-state index in [1.165, 1.54) is 18.6 Å². The van der Waals surface area contributed by atoms with E-state index in [0.717, 1.165) is 35.8 Å². The molecule has 76 valence electrons. The number of rotatable bonds is 0. The fraction of sp³-hybridized carbons (Fsp3) is 0.538.